The predicted molar refractivity (Wildman–Crippen MR) is 66.1 cm³/mol. The molecule has 4 heteroatoms. The fourth-order valence-electron chi connectivity index (χ4n) is 1.01. The number of ether oxygens (including phenoxy) is 1. The van der Waals surface area contributed by atoms with Gasteiger partial charge in [-0.15, -0.1) is 0 Å². The van der Waals surface area contributed by atoms with E-state index in [9.17, 15) is 4.79 Å². The molecule has 0 bridgehead atoms. The minimum atomic E-state index is -0.402. The lowest BCUT2D eigenvalue weighted by atomic mass is 10.1. The number of carbonyl (C=O) groups excluding carboxylic acids is 1. The van der Waals surface area contributed by atoms with Crippen molar-refractivity contribution in [3.8, 4) is 0 Å². The van der Waals surface area contributed by atoms with Crippen molar-refractivity contribution in [2.24, 2.45) is 11.7 Å². The Hall–Kier alpha value is -0.610. The van der Waals surface area contributed by atoms with E-state index in [0.717, 1.165) is 6.42 Å². The van der Waals surface area contributed by atoms with Gasteiger partial charge in [-0.1, -0.05) is 13.8 Å². The summed E-state index contributed by atoms with van der Waals surface area (Å²) in [6.45, 7) is 10.9. The second-order valence-electron chi connectivity index (χ2n) is 5.40. The summed E-state index contributed by atoms with van der Waals surface area (Å²) in [4.78, 5) is 11.6. The molecule has 0 aromatic rings. The van der Waals surface area contributed by atoms with E-state index in [1.807, 2.05) is 13.8 Å². The van der Waals surface area contributed by atoms with Crippen molar-refractivity contribution in [1.29, 1.82) is 0 Å². The number of nitrogens with two attached hydrogens (primary N) is 1. The predicted octanol–water partition coefficient (Wildman–Crippen LogP) is 1.29. The zero-order valence-corrected chi connectivity index (χ0v) is 11.2. The van der Waals surface area contributed by atoms with Gasteiger partial charge in [0.05, 0.1) is 0 Å². The highest BCUT2D eigenvalue weighted by molar-refractivity contribution is 5.80. The lowest BCUT2D eigenvalue weighted by Crippen LogP contribution is -2.47. The van der Waals surface area contributed by atoms with Crippen molar-refractivity contribution in [2.75, 3.05) is 13.2 Å². The average Bonchev–Trinajstić information content (AvgIpc) is 2.12. The molecule has 3 N–H and O–H groups in total. The third-order valence-electron chi connectivity index (χ3n) is 2.15. The summed E-state index contributed by atoms with van der Waals surface area (Å²) >= 11 is 0. The van der Waals surface area contributed by atoms with Crippen LogP contribution in [0.2, 0.25) is 0 Å². The Kier molecular flexibility index (Phi) is 6.60. The molecule has 16 heavy (non-hydrogen) atoms. The van der Waals surface area contributed by atoms with Crippen molar-refractivity contribution in [3.05, 3.63) is 0 Å². The van der Waals surface area contributed by atoms with Gasteiger partial charge in [-0.3, -0.25) is 4.79 Å². The molecule has 0 saturated carbocycles. The van der Waals surface area contributed by atoms with Crippen LogP contribution in [0, 0.1) is 5.92 Å². The van der Waals surface area contributed by atoms with E-state index < -0.39 is 6.10 Å². The zero-order valence-electron chi connectivity index (χ0n) is 11.2. The summed E-state index contributed by atoms with van der Waals surface area (Å²) in [7, 11) is 0. The van der Waals surface area contributed by atoms with Gasteiger partial charge in [-0.25, -0.2) is 0 Å². The van der Waals surface area contributed by atoms with Crippen LogP contribution in [0.3, 0.4) is 0 Å². The molecule has 1 atom stereocenters. The maximum Gasteiger partial charge on any atom is 0.248 e. The van der Waals surface area contributed by atoms with Crippen LogP contribution in [-0.2, 0) is 9.53 Å². The third kappa shape index (κ3) is 8.68. The zero-order chi connectivity index (χ0) is 12.8. The minimum Gasteiger partial charge on any atom is -0.369 e. The van der Waals surface area contributed by atoms with Crippen LogP contribution in [0.5, 0.6) is 0 Å². The molecule has 0 rings (SSSR count). The van der Waals surface area contributed by atoms with Gasteiger partial charge in [-0.05, 0) is 33.1 Å². The Labute approximate surface area is 98.9 Å². The summed E-state index contributed by atoms with van der Waals surface area (Å²) in [5.41, 5.74) is 5.39. The first-order chi connectivity index (χ1) is 7.22. The number of nitrogens with one attached hydrogen (secondary N) is 1. The Morgan fingerprint density at radius 1 is 1.38 bits per heavy atom. The van der Waals surface area contributed by atoms with E-state index in [2.05, 4.69) is 19.2 Å². The van der Waals surface area contributed by atoms with Gasteiger partial charge >= 0.3 is 0 Å². The number of carbonyl (C=O) groups is 1. The van der Waals surface area contributed by atoms with Crippen LogP contribution in [0.4, 0.5) is 0 Å². The van der Waals surface area contributed by atoms with Gasteiger partial charge < -0.3 is 15.8 Å². The molecular weight excluding hydrogens is 204 g/mol. The molecular formula is C12H26N2O2. The number of hydrogen-bond acceptors (Lipinski definition) is 3. The van der Waals surface area contributed by atoms with Crippen LogP contribution < -0.4 is 11.1 Å². The van der Waals surface area contributed by atoms with Crippen LogP contribution in [0.25, 0.3) is 0 Å². The molecule has 0 radical (unpaired) electrons. The van der Waals surface area contributed by atoms with Gasteiger partial charge in [0.1, 0.15) is 6.10 Å². The summed E-state index contributed by atoms with van der Waals surface area (Å²) in [5, 5.41) is 2.77. The summed E-state index contributed by atoms with van der Waals surface area (Å²) < 4.78 is 5.43. The van der Waals surface area contributed by atoms with E-state index >= 15 is 0 Å². The highest BCUT2D eigenvalue weighted by Gasteiger charge is 2.17. The Balaban J connectivity index is 3.74. The first kappa shape index (κ1) is 15.4. The highest BCUT2D eigenvalue weighted by atomic mass is 16.5. The normalized spacial score (nSPS) is 13.9. The molecule has 4 nitrogen and oxygen atoms in total. The topological polar surface area (TPSA) is 64.3 Å². The van der Waals surface area contributed by atoms with E-state index in [1.54, 1.807) is 6.92 Å². The Morgan fingerprint density at radius 3 is 2.38 bits per heavy atom. The SMILES string of the molecule is CC(C)CCOC(C)C(=O)NCC(C)(C)N. The van der Waals surface area contributed by atoms with Crippen molar-refractivity contribution in [2.45, 2.75) is 52.7 Å². The number of amides is 1. The quantitative estimate of drug-likeness (QED) is 0.692. The van der Waals surface area contributed by atoms with E-state index in [4.69, 9.17) is 10.5 Å². The van der Waals surface area contributed by atoms with Crippen molar-refractivity contribution in [3.63, 3.8) is 0 Å². The molecule has 0 heterocycles. The number of rotatable bonds is 7. The van der Waals surface area contributed by atoms with Gasteiger partial charge in [0.25, 0.3) is 0 Å². The summed E-state index contributed by atoms with van der Waals surface area (Å²) in [6.07, 6.45) is 0.570. The minimum absolute atomic E-state index is 0.0951. The molecule has 96 valence electrons. The first-order valence-electron chi connectivity index (χ1n) is 5.90. The maximum absolute atomic E-state index is 11.6. The third-order valence-corrected chi connectivity index (χ3v) is 2.15. The maximum atomic E-state index is 11.6. The second kappa shape index (κ2) is 6.86. The summed E-state index contributed by atoms with van der Waals surface area (Å²) in [5.74, 6) is 0.500. The Morgan fingerprint density at radius 2 is 1.94 bits per heavy atom. The molecule has 0 aliphatic rings. The molecule has 0 aromatic heterocycles. The van der Waals surface area contributed by atoms with Crippen LogP contribution in [0.1, 0.15) is 41.0 Å². The van der Waals surface area contributed by atoms with Gasteiger partial charge in [0.2, 0.25) is 5.91 Å². The fraction of sp³-hybridized carbons (Fsp3) is 0.917. The van der Waals surface area contributed by atoms with Crippen LogP contribution >= 0.6 is 0 Å². The molecule has 0 spiro atoms. The molecule has 0 saturated heterocycles. The molecule has 0 fully saturated rings. The van der Waals surface area contributed by atoms with Gasteiger partial charge in [0.15, 0.2) is 0 Å². The van der Waals surface area contributed by atoms with Crippen LogP contribution in [0.15, 0.2) is 0 Å². The molecule has 0 aliphatic heterocycles. The smallest absolute Gasteiger partial charge is 0.248 e. The second-order valence-corrected chi connectivity index (χ2v) is 5.40. The number of hydrogen-bond donors (Lipinski definition) is 2. The monoisotopic (exact) mass is 230 g/mol. The standard InChI is InChI=1S/C12H26N2O2/c1-9(2)6-7-16-10(3)11(15)14-8-12(4,5)13/h9-10H,6-8,13H2,1-5H3,(H,14,15). The Bertz CT molecular complexity index is 210. The molecule has 0 aliphatic carbocycles. The first-order valence-corrected chi connectivity index (χ1v) is 5.90. The van der Waals surface area contributed by atoms with Crippen LogP contribution in [-0.4, -0.2) is 30.7 Å². The highest BCUT2D eigenvalue weighted by Crippen LogP contribution is 2.02. The summed E-state index contributed by atoms with van der Waals surface area (Å²) in [6, 6.07) is 0. The van der Waals surface area contributed by atoms with E-state index in [-0.39, 0.29) is 11.4 Å². The largest absolute Gasteiger partial charge is 0.369 e. The van der Waals surface area contributed by atoms with Gasteiger partial charge in [-0.2, -0.15) is 0 Å². The van der Waals surface area contributed by atoms with Crippen molar-refractivity contribution in [1.82, 2.24) is 5.32 Å². The molecule has 0 aromatic carbocycles. The van der Waals surface area contributed by atoms with Crippen molar-refractivity contribution >= 4 is 5.91 Å². The lowest BCUT2D eigenvalue weighted by Gasteiger charge is -2.21. The fourth-order valence-corrected chi connectivity index (χ4v) is 1.01. The molecule has 1 amide bonds. The average molecular weight is 230 g/mol. The van der Waals surface area contributed by atoms with E-state index in [0.29, 0.717) is 19.1 Å². The van der Waals surface area contributed by atoms with E-state index in [1.165, 1.54) is 0 Å². The van der Waals surface area contributed by atoms with Crippen molar-refractivity contribution < 1.29 is 9.53 Å². The lowest BCUT2D eigenvalue weighted by molar-refractivity contribution is -0.132. The van der Waals surface area contributed by atoms with Gasteiger partial charge in [0, 0.05) is 18.7 Å². The molecule has 1 unspecified atom stereocenters.